The molecule has 0 saturated carbocycles. The van der Waals surface area contributed by atoms with Crippen LogP contribution in [-0.4, -0.2) is 17.8 Å². The number of benzene rings is 3. The fourth-order valence-corrected chi connectivity index (χ4v) is 2.83. The zero-order valence-corrected chi connectivity index (χ0v) is 13.9. The summed E-state index contributed by atoms with van der Waals surface area (Å²) in [5.74, 6) is 1.49. The summed E-state index contributed by atoms with van der Waals surface area (Å²) in [5, 5.41) is 12.3. The van der Waals surface area contributed by atoms with Gasteiger partial charge in [0.05, 0.1) is 0 Å². The van der Waals surface area contributed by atoms with E-state index < -0.39 is 0 Å². The van der Waals surface area contributed by atoms with Crippen LogP contribution in [0.5, 0.6) is 17.2 Å². The molecule has 2 N–H and O–H groups in total. The highest BCUT2D eigenvalue weighted by molar-refractivity contribution is 5.95. The largest absolute Gasteiger partial charge is 0.508 e. The lowest BCUT2D eigenvalue weighted by atomic mass is 10.0. The van der Waals surface area contributed by atoms with Gasteiger partial charge in [-0.3, -0.25) is 4.79 Å². The van der Waals surface area contributed by atoms with Crippen molar-refractivity contribution in [2.45, 2.75) is 6.54 Å². The first-order valence-electron chi connectivity index (χ1n) is 8.25. The van der Waals surface area contributed by atoms with Crippen molar-refractivity contribution in [3.05, 3.63) is 77.9 Å². The van der Waals surface area contributed by atoms with Gasteiger partial charge in [0.25, 0.3) is 5.91 Å². The van der Waals surface area contributed by atoms with Crippen molar-refractivity contribution in [3.63, 3.8) is 0 Å². The Morgan fingerprint density at radius 2 is 1.73 bits per heavy atom. The van der Waals surface area contributed by atoms with Crippen molar-refractivity contribution in [1.82, 2.24) is 5.32 Å². The lowest BCUT2D eigenvalue weighted by Gasteiger charge is -2.08. The van der Waals surface area contributed by atoms with Gasteiger partial charge in [-0.2, -0.15) is 0 Å². The SMILES string of the molecule is O=C(NCc1ccc2c(c1)OCO2)c1cccc(-c2ccc(O)cc2)c1. The molecule has 0 aromatic heterocycles. The van der Waals surface area contributed by atoms with Gasteiger partial charge in [-0.15, -0.1) is 0 Å². The van der Waals surface area contributed by atoms with Crippen LogP contribution in [0.2, 0.25) is 0 Å². The van der Waals surface area contributed by atoms with Gasteiger partial charge in [0.2, 0.25) is 6.79 Å². The van der Waals surface area contributed by atoms with Crippen LogP contribution in [0.3, 0.4) is 0 Å². The predicted molar refractivity (Wildman–Crippen MR) is 97.3 cm³/mol. The van der Waals surface area contributed by atoms with E-state index in [0.717, 1.165) is 22.4 Å². The molecule has 3 aromatic rings. The third-order valence-electron chi connectivity index (χ3n) is 4.22. The Balaban J connectivity index is 1.46. The average Bonchev–Trinajstić information content (AvgIpc) is 3.14. The number of carbonyl (C=O) groups excluding carboxylic acids is 1. The highest BCUT2D eigenvalue weighted by Gasteiger charge is 2.14. The number of phenols is 1. The van der Waals surface area contributed by atoms with Crippen LogP contribution in [0.1, 0.15) is 15.9 Å². The number of aromatic hydroxyl groups is 1. The molecule has 26 heavy (non-hydrogen) atoms. The lowest BCUT2D eigenvalue weighted by molar-refractivity contribution is 0.0951. The van der Waals surface area contributed by atoms with Crippen LogP contribution >= 0.6 is 0 Å². The van der Waals surface area contributed by atoms with Crippen LogP contribution in [0.15, 0.2) is 66.7 Å². The maximum Gasteiger partial charge on any atom is 0.251 e. The average molecular weight is 347 g/mol. The van der Waals surface area contributed by atoms with E-state index in [-0.39, 0.29) is 18.4 Å². The van der Waals surface area contributed by atoms with Crippen molar-refractivity contribution < 1.29 is 19.4 Å². The predicted octanol–water partition coefficient (Wildman–Crippen LogP) is 3.72. The normalized spacial score (nSPS) is 12.0. The molecule has 1 aliphatic heterocycles. The van der Waals surface area contributed by atoms with Crippen molar-refractivity contribution >= 4 is 5.91 Å². The number of nitrogens with one attached hydrogen (secondary N) is 1. The molecule has 0 saturated heterocycles. The first-order valence-corrected chi connectivity index (χ1v) is 8.25. The van der Waals surface area contributed by atoms with E-state index in [1.165, 1.54) is 0 Å². The maximum atomic E-state index is 12.5. The smallest absolute Gasteiger partial charge is 0.251 e. The minimum Gasteiger partial charge on any atom is -0.508 e. The highest BCUT2D eigenvalue weighted by atomic mass is 16.7. The molecule has 1 aliphatic rings. The Bertz CT molecular complexity index is 950. The Morgan fingerprint density at radius 3 is 2.58 bits per heavy atom. The number of ether oxygens (including phenoxy) is 2. The molecule has 130 valence electrons. The van der Waals surface area contributed by atoms with E-state index in [0.29, 0.717) is 17.9 Å². The van der Waals surface area contributed by atoms with Gasteiger partial charge >= 0.3 is 0 Å². The van der Waals surface area contributed by atoms with Gasteiger partial charge < -0.3 is 19.9 Å². The standard InChI is InChI=1S/C21H17NO4/c23-18-7-5-15(6-8-18)16-2-1-3-17(11-16)21(24)22-12-14-4-9-19-20(10-14)26-13-25-19/h1-11,23H,12-13H2,(H,22,24). The maximum absolute atomic E-state index is 12.5. The molecule has 0 bridgehead atoms. The first kappa shape index (κ1) is 16.0. The summed E-state index contributed by atoms with van der Waals surface area (Å²) in [5.41, 5.74) is 3.38. The quantitative estimate of drug-likeness (QED) is 0.755. The van der Waals surface area contributed by atoms with Crippen LogP contribution in [0.4, 0.5) is 0 Å². The third-order valence-corrected chi connectivity index (χ3v) is 4.22. The Labute approximate surface area is 150 Å². The molecule has 0 spiro atoms. The van der Waals surface area contributed by atoms with Gasteiger partial charge in [-0.05, 0) is 53.1 Å². The minimum atomic E-state index is -0.150. The molecule has 5 nitrogen and oxygen atoms in total. The summed E-state index contributed by atoms with van der Waals surface area (Å²) in [6.07, 6.45) is 0. The zero-order chi connectivity index (χ0) is 17.9. The molecule has 4 rings (SSSR count). The molecule has 0 radical (unpaired) electrons. The fourth-order valence-electron chi connectivity index (χ4n) is 2.83. The number of amides is 1. The number of rotatable bonds is 4. The van der Waals surface area contributed by atoms with Gasteiger partial charge in [0, 0.05) is 12.1 Å². The van der Waals surface area contributed by atoms with Gasteiger partial charge in [-0.1, -0.05) is 30.3 Å². The van der Waals surface area contributed by atoms with E-state index in [9.17, 15) is 9.90 Å². The second kappa shape index (κ2) is 6.80. The van der Waals surface area contributed by atoms with Crippen molar-refractivity contribution in [3.8, 4) is 28.4 Å². The number of carbonyl (C=O) groups is 1. The van der Waals surface area contributed by atoms with E-state index in [2.05, 4.69) is 5.32 Å². The molecular formula is C21H17NO4. The zero-order valence-electron chi connectivity index (χ0n) is 13.9. The third kappa shape index (κ3) is 3.32. The summed E-state index contributed by atoms with van der Waals surface area (Å²) in [4.78, 5) is 12.5. The minimum absolute atomic E-state index is 0.150. The summed E-state index contributed by atoms with van der Waals surface area (Å²) in [6, 6.07) is 19.9. The molecule has 0 atom stereocenters. The first-order chi connectivity index (χ1) is 12.7. The fraction of sp³-hybridized carbons (Fsp3) is 0.0952. The molecular weight excluding hydrogens is 330 g/mol. The second-order valence-electron chi connectivity index (χ2n) is 6.00. The summed E-state index contributed by atoms with van der Waals surface area (Å²) < 4.78 is 10.6. The summed E-state index contributed by atoms with van der Waals surface area (Å²) in [7, 11) is 0. The molecule has 0 fully saturated rings. The Kier molecular flexibility index (Phi) is 4.19. The topological polar surface area (TPSA) is 67.8 Å². The highest BCUT2D eigenvalue weighted by Crippen LogP contribution is 2.32. The number of hydrogen-bond acceptors (Lipinski definition) is 4. The van der Waals surface area contributed by atoms with Gasteiger partial charge in [0.15, 0.2) is 11.5 Å². The van der Waals surface area contributed by atoms with E-state index >= 15 is 0 Å². The molecule has 1 amide bonds. The van der Waals surface area contributed by atoms with Crippen LogP contribution in [-0.2, 0) is 6.54 Å². The van der Waals surface area contributed by atoms with Crippen LogP contribution in [0, 0.1) is 0 Å². The van der Waals surface area contributed by atoms with Gasteiger partial charge in [0.1, 0.15) is 5.75 Å². The molecule has 3 aromatic carbocycles. The molecule has 0 unspecified atom stereocenters. The molecule has 5 heteroatoms. The molecule has 1 heterocycles. The second-order valence-corrected chi connectivity index (χ2v) is 6.00. The monoisotopic (exact) mass is 347 g/mol. The van der Waals surface area contributed by atoms with Crippen LogP contribution in [0.25, 0.3) is 11.1 Å². The van der Waals surface area contributed by atoms with Crippen molar-refractivity contribution in [1.29, 1.82) is 0 Å². The van der Waals surface area contributed by atoms with Gasteiger partial charge in [-0.25, -0.2) is 0 Å². The number of phenolic OH excluding ortho intramolecular Hbond substituents is 1. The Morgan fingerprint density at radius 1 is 0.923 bits per heavy atom. The lowest BCUT2D eigenvalue weighted by Crippen LogP contribution is -2.22. The Hall–Kier alpha value is -3.47. The number of fused-ring (bicyclic) bond motifs is 1. The summed E-state index contributed by atoms with van der Waals surface area (Å²) in [6.45, 7) is 0.633. The number of hydrogen-bond donors (Lipinski definition) is 2. The van der Waals surface area contributed by atoms with Crippen molar-refractivity contribution in [2.24, 2.45) is 0 Å². The van der Waals surface area contributed by atoms with E-state index in [1.807, 2.05) is 48.5 Å². The van der Waals surface area contributed by atoms with Crippen molar-refractivity contribution in [2.75, 3.05) is 6.79 Å². The van der Waals surface area contributed by atoms with Crippen LogP contribution < -0.4 is 14.8 Å². The molecule has 0 aliphatic carbocycles. The van der Waals surface area contributed by atoms with E-state index in [4.69, 9.17) is 9.47 Å². The van der Waals surface area contributed by atoms with E-state index in [1.54, 1.807) is 18.2 Å². The summed E-state index contributed by atoms with van der Waals surface area (Å²) >= 11 is 0.